The quantitative estimate of drug-likeness (QED) is 0.487. The zero-order chi connectivity index (χ0) is 13.0. The van der Waals surface area contributed by atoms with E-state index in [1.54, 1.807) is 19.1 Å². The minimum Gasteiger partial charge on any atom is -0.393 e. The number of rotatable bonds is 5. The van der Waals surface area contributed by atoms with Gasteiger partial charge in [0, 0.05) is 17.8 Å². The highest BCUT2D eigenvalue weighted by Crippen LogP contribution is 2.24. The van der Waals surface area contributed by atoms with Gasteiger partial charge in [0.2, 0.25) is 0 Å². The van der Waals surface area contributed by atoms with E-state index in [1.807, 2.05) is 29.5 Å². The highest BCUT2D eigenvalue weighted by molar-refractivity contribution is 14.1. The van der Waals surface area contributed by atoms with Crippen molar-refractivity contribution in [2.45, 2.75) is 32.4 Å². The number of hydrogen-bond donors (Lipinski definition) is 2. The van der Waals surface area contributed by atoms with Crippen LogP contribution in [0, 0.1) is 13.7 Å². The number of halogens is 1. The molecule has 0 saturated carbocycles. The van der Waals surface area contributed by atoms with Crippen molar-refractivity contribution < 1.29 is 10.0 Å². The first-order valence-electron chi connectivity index (χ1n) is 5.28. The molecule has 2 N–H and O–H groups in total. The molecule has 0 spiro atoms. The molecule has 0 aliphatic carbocycles. The molecule has 0 bridgehead atoms. The number of aliphatic hydroxyl groups excluding tert-OH is 1. The third kappa shape index (κ3) is 4.47. The van der Waals surface area contributed by atoms with Crippen molar-refractivity contribution in [3.63, 3.8) is 0 Å². The zero-order valence-corrected chi connectivity index (χ0v) is 11.8. The van der Waals surface area contributed by atoms with E-state index in [9.17, 15) is 15.2 Å². The summed E-state index contributed by atoms with van der Waals surface area (Å²) in [6, 6.07) is 5.02. The molecule has 0 heterocycles. The second-order valence-electron chi connectivity index (χ2n) is 4.05. The molecule has 6 heteroatoms. The number of nitrogens with one attached hydrogen (secondary N) is 1. The molecule has 1 aromatic rings. The average Bonchev–Trinajstić information content (AvgIpc) is 2.15. The topological polar surface area (TPSA) is 75.4 Å². The molecule has 5 nitrogen and oxygen atoms in total. The summed E-state index contributed by atoms with van der Waals surface area (Å²) in [5.74, 6) is 0. The first-order valence-corrected chi connectivity index (χ1v) is 6.36. The maximum absolute atomic E-state index is 10.6. The lowest BCUT2D eigenvalue weighted by atomic mass is 10.1. The van der Waals surface area contributed by atoms with Gasteiger partial charge in [0.15, 0.2) is 0 Å². The van der Waals surface area contributed by atoms with Crippen molar-refractivity contribution in [3.05, 3.63) is 31.9 Å². The van der Waals surface area contributed by atoms with Gasteiger partial charge < -0.3 is 10.4 Å². The zero-order valence-electron chi connectivity index (χ0n) is 9.68. The first kappa shape index (κ1) is 14.2. The molecule has 17 heavy (non-hydrogen) atoms. The lowest BCUT2D eigenvalue weighted by Crippen LogP contribution is -2.20. The van der Waals surface area contributed by atoms with Crippen molar-refractivity contribution in [3.8, 4) is 0 Å². The molecule has 1 rings (SSSR count). The second-order valence-corrected chi connectivity index (χ2v) is 5.22. The van der Waals surface area contributed by atoms with Crippen LogP contribution in [0.25, 0.3) is 0 Å². The molecular weight excluding hydrogens is 335 g/mol. The predicted molar refractivity (Wildman–Crippen MR) is 75.2 cm³/mol. The molecule has 2 atom stereocenters. The molecule has 0 radical (unpaired) electrons. The van der Waals surface area contributed by atoms with Crippen LogP contribution in [0.1, 0.15) is 20.3 Å². The van der Waals surface area contributed by atoms with Crippen molar-refractivity contribution in [1.29, 1.82) is 0 Å². The minimum atomic E-state index is -0.398. The Morgan fingerprint density at radius 2 is 2.18 bits per heavy atom. The molecule has 0 fully saturated rings. The van der Waals surface area contributed by atoms with Gasteiger partial charge in [0.05, 0.1) is 14.6 Å². The molecule has 2 unspecified atom stereocenters. The lowest BCUT2D eigenvalue weighted by molar-refractivity contribution is -0.385. The van der Waals surface area contributed by atoms with E-state index in [4.69, 9.17) is 0 Å². The molecule has 94 valence electrons. The number of nitrogens with zero attached hydrogens (tertiary/aromatic N) is 1. The number of nitro benzene ring substituents is 1. The van der Waals surface area contributed by atoms with Crippen molar-refractivity contribution >= 4 is 34.0 Å². The van der Waals surface area contributed by atoms with Crippen LogP contribution < -0.4 is 5.32 Å². The Kier molecular flexibility index (Phi) is 5.13. The minimum absolute atomic E-state index is 0.110. The summed E-state index contributed by atoms with van der Waals surface area (Å²) in [7, 11) is 0. The van der Waals surface area contributed by atoms with Gasteiger partial charge in [-0.1, -0.05) is 0 Å². The van der Waals surface area contributed by atoms with Crippen LogP contribution in [0.5, 0.6) is 0 Å². The van der Waals surface area contributed by atoms with Gasteiger partial charge >= 0.3 is 0 Å². The van der Waals surface area contributed by atoms with Crippen LogP contribution >= 0.6 is 22.6 Å². The monoisotopic (exact) mass is 350 g/mol. The van der Waals surface area contributed by atoms with E-state index in [0.717, 1.165) is 5.69 Å². The third-order valence-electron chi connectivity index (χ3n) is 2.25. The molecular formula is C11H15IN2O3. The van der Waals surface area contributed by atoms with E-state index < -0.39 is 4.92 Å². The van der Waals surface area contributed by atoms with E-state index in [-0.39, 0.29) is 17.8 Å². The van der Waals surface area contributed by atoms with Gasteiger partial charge in [-0.3, -0.25) is 10.1 Å². The number of nitro groups is 1. The highest BCUT2D eigenvalue weighted by Gasteiger charge is 2.12. The number of aliphatic hydroxyl groups is 1. The lowest BCUT2D eigenvalue weighted by Gasteiger charge is -2.16. The summed E-state index contributed by atoms with van der Waals surface area (Å²) in [5, 5.41) is 23.1. The van der Waals surface area contributed by atoms with Gasteiger partial charge in [-0.2, -0.15) is 0 Å². The Hall–Kier alpha value is -0.890. The summed E-state index contributed by atoms with van der Waals surface area (Å²) in [4.78, 5) is 10.2. The molecule has 0 aliphatic heterocycles. The van der Waals surface area contributed by atoms with E-state index >= 15 is 0 Å². The maximum atomic E-state index is 10.6. The first-order chi connectivity index (χ1) is 7.90. The van der Waals surface area contributed by atoms with Crippen LogP contribution in [0.4, 0.5) is 11.4 Å². The van der Waals surface area contributed by atoms with Crippen LogP contribution in [-0.4, -0.2) is 22.2 Å². The fourth-order valence-electron chi connectivity index (χ4n) is 1.60. The Morgan fingerprint density at radius 1 is 1.53 bits per heavy atom. The summed E-state index contributed by atoms with van der Waals surface area (Å²) in [6.45, 7) is 3.69. The fraction of sp³-hybridized carbons (Fsp3) is 0.455. The molecule has 0 aromatic heterocycles. The highest BCUT2D eigenvalue weighted by atomic mass is 127. The Morgan fingerprint density at radius 3 is 2.65 bits per heavy atom. The largest absolute Gasteiger partial charge is 0.393 e. The molecule has 0 aliphatic rings. The fourth-order valence-corrected chi connectivity index (χ4v) is 2.31. The van der Waals surface area contributed by atoms with Gasteiger partial charge in [-0.15, -0.1) is 0 Å². The number of anilines is 1. The standard InChI is InChI=1S/C11H15IN2O3/c1-7(5-8(2)15)13-9-3-4-11(14(16)17)10(12)6-9/h3-4,6-8,13,15H,5H2,1-2H3. The third-order valence-corrected chi connectivity index (χ3v) is 3.12. The Balaban J connectivity index is 2.74. The van der Waals surface area contributed by atoms with E-state index in [1.165, 1.54) is 6.07 Å². The molecule has 0 amide bonds. The number of hydrogen-bond acceptors (Lipinski definition) is 4. The average molecular weight is 350 g/mol. The van der Waals surface area contributed by atoms with Gasteiger partial charge in [-0.25, -0.2) is 0 Å². The van der Waals surface area contributed by atoms with Crippen molar-refractivity contribution in [2.75, 3.05) is 5.32 Å². The van der Waals surface area contributed by atoms with E-state index in [0.29, 0.717) is 9.99 Å². The van der Waals surface area contributed by atoms with Crippen LogP contribution in [0.15, 0.2) is 18.2 Å². The Labute approximate surface area is 114 Å². The maximum Gasteiger partial charge on any atom is 0.282 e. The summed E-state index contributed by atoms with van der Waals surface area (Å²) < 4.78 is 0.599. The molecule has 1 aromatic carbocycles. The van der Waals surface area contributed by atoms with Crippen molar-refractivity contribution in [1.82, 2.24) is 0 Å². The summed E-state index contributed by atoms with van der Waals surface area (Å²) in [5.41, 5.74) is 0.937. The van der Waals surface area contributed by atoms with Crippen LogP contribution in [0.3, 0.4) is 0 Å². The Bertz CT molecular complexity index is 410. The van der Waals surface area contributed by atoms with Gasteiger partial charge in [0.1, 0.15) is 0 Å². The second kappa shape index (κ2) is 6.15. The van der Waals surface area contributed by atoms with Crippen LogP contribution in [0.2, 0.25) is 0 Å². The van der Waals surface area contributed by atoms with Crippen molar-refractivity contribution in [2.24, 2.45) is 0 Å². The van der Waals surface area contributed by atoms with Gasteiger partial charge in [0.25, 0.3) is 5.69 Å². The van der Waals surface area contributed by atoms with E-state index in [2.05, 4.69) is 5.32 Å². The van der Waals surface area contributed by atoms with Gasteiger partial charge in [-0.05, 0) is 55.0 Å². The molecule has 0 saturated heterocycles. The smallest absolute Gasteiger partial charge is 0.282 e. The summed E-state index contributed by atoms with van der Waals surface area (Å²) >= 11 is 1.94. The summed E-state index contributed by atoms with van der Waals surface area (Å²) in [6.07, 6.45) is 0.266. The normalized spacial score (nSPS) is 14.1. The van der Waals surface area contributed by atoms with Crippen LogP contribution in [-0.2, 0) is 0 Å². The number of benzene rings is 1. The predicted octanol–water partition coefficient (Wildman–Crippen LogP) is 2.77. The SMILES string of the molecule is CC(O)CC(C)Nc1ccc([N+](=O)[O-])c(I)c1.